The normalized spacial score (nSPS) is 15.1. The molecule has 2 heterocycles. The molecule has 1 aromatic heterocycles. The predicted octanol–water partition coefficient (Wildman–Crippen LogP) is 3.21. The van der Waals surface area contributed by atoms with Crippen molar-refractivity contribution < 1.29 is 9.53 Å². The van der Waals surface area contributed by atoms with Crippen molar-refractivity contribution in [2.45, 2.75) is 0 Å². The van der Waals surface area contributed by atoms with Gasteiger partial charge in [-0.2, -0.15) is 5.10 Å². The summed E-state index contributed by atoms with van der Waals surface area (Å²) in [5, 5.41) is 8.45. The first-order valence-electron chi connectivity index (χ1n) is 8.39. The van der Waals surface area contributed by atoms with Gasteiger partial charge in [-0.05, 0) is 29.8 Å². The molecule has 0 atom stereocenters. The van der Waals surface area contributed by atoms with Crippen molar-refractivity contribution in [2.75, 3.05) is 26.3 Å². The number of hydrogen-bond donors (Lipinski definition) is 1. The Balaban J connectivity index is 1.56. The zero-order valence-electron chi connectivity index (χ0n) is 13.8. The minimum Gasteiger partial charge on any atom is -0.378 e. The Labute approximate surface area is 145 Å². The second-order valence-electron chi connectivity index (χ2n) is 6.02. The maximum Gasteiger partial charge on any atom is 0.254 e. The van der Waals surface area contributed by atoms with E-state index in [1.807, 2.05) is 65.6 Å². The highest BCUT2D eigenvalue weighted by Crippen LogP contribution is 2.18. The van der Waals surface area contributed by atoms with E-state index < -0.39 is 0 Å². The number of fused-ring (bicyclic) bond motifs is 1. The largest absolute Gasteiger partial charge is 0.378 e. The third-order valence-corrected chi connectivity index (χ3v) is 4.37. The van der Waals surface area contributed by atoms with E-state index in [0.717, 1.165) is 22.2 Å². The number of aromatic amines is 1. The summed E-state index contributed by atoms with van der Waals surface area (Å²) >= 11 is 0. The molecule has 0 saturated carbocycles. The maximum atomic E-state index is 12.6. The molecule has 0 spiro atoms. The molecule has 5 nitrogen and oxygen atoms in total. The van der Waals surface area contributed by atoms with E-state index in [1.54, 1.807) is 0 Å². The Bertz CT molecular complexity index is 923. The van der Waals surface area contributed by atoms with Crippen LogP contribution in [0.5, 0.6) is 0 Å². The van der Waals surface area contributed by atoms with E-state index in [1.165, 1.54) is 0 Å². The topological polar surface area (TPSA) is 58.2 Å². The van der Waals surface area contributed by atoms with Crippen LogP contribution in [0.4, 0.5) is 0 Å². The second-order valence-corrected chi connectivity index (χ2v) is 6.02. The summed E-state index contributed by atoms with van der Waals surface area (Å²) in [6.07, 6.45) is 3.95. The van der Waals surface area contributed by atoms with Crippen molar-refractivity contribution in [2.24, 2.45) is 0 Å². The Kier molecular flexibility index (Phi) is 4.31. The van der Waals surface area contributed by atoms with Gasteiger partial charge in [-0.1, -0.05) is 36.4 Å². The molecule has 126 valence electrons. The highest BCUT2D eigenvalue weighted by atomic mass is 16.5. The third-order valence-electron chi connectivity index (χ3n) is 4.37. The van der Waals surface area contributed by atoms with E-state index >= 15 is 0 Å². The van der Waals surface area contributed by atoms with Gasteiger partial charge in [-0.3, -0.25) is 9.89 Å². The Morgan fingerprint density at radius 2 is 1.92 bits per heavy atom. The first-order valence-corrected chi connectivity index (χ1v) is 8.39. The number of aromatic nitrogens is 2. The quantitative estimate of drug-likeness (QED) is 0.801. The molecule has 1 saturated heterocycles. The molecule has 0 radical (unpaired) electrons. The molecule has 0 unspecified atom stereocenters. The molecule has 4 rings (SSSR count). The fourth-order valence-corrected chi connectivity index (χ4v) is 3.01. The van der Waals surface area contributed by atoms with Gasteiger partial charge in [0.25, 0.3) is 5.91 Å². The summed E-state index contributed by atoms with van der Waals surface area (Å²) in [7, 11) is 0. The lowest BCUT2D eigenvalue weighted by atomic mass is 10.1. The Morgan fingerprint density at radius 3 is 2.80 bits per heavy atom. The average Bonchev–Trinajstić information content (AvgIpc) is 3.10. The summed E-state index contributed by atoms with van der Waals surface area (Å²) < 4.78 is 5.31. The second kappa shape index (κ2) is 6.91. The molecule has 0 bridgehead atoms. The van der Waals surface area contributed by atoms with Crippen LogP contribution in [-0.2, 0) is 4.74 Å². The summed E-state index contributed by atoms with van der Waals surface area (Å²) in [4.78, 5) is 14.4. The number of H-pyrrole nitrogens is 1. The third kappa shape index (κ3) is 3.32. The SMILES string of the molecule is O=C(c1cccc(C=Cc2n[nH]c3ccccc23)c1)N1CCOCC1. The zero-order chi connectivity index (χ0) is 17.1. The number of rotatable bonds is 3. The number of carbonyl (C=O) groups is 1. The van der Waals surface area contributed by atoms with E-state index in [-0.39, 0.29) is 5.91 Å². The summed E-state index contributed by atoms with van der Waals surface area (Å²) in [5.41, 5.74) is 3.58. The van der Waals surface area contributed by atoms with Crippen LogP contribution in [0.3, 0.4) is 0 Å². The van der Waals surface area contributed by atoms with Gasteiger partial charge in [0.05, 0.1) is 24.4 Å². The fraction of sp³-hybridized carbons (Fsp3) is 0.200. The van der Waals surface area contributed by atoms with Crippen LogP contribution in [0.25, 0.3) is 23.1 Å². The Hall–Kier alpha value is -2.92. The minimum atomic E-state index is 0.0590. The number of morpholine rings is 1. The molecule has 3 aromatic rings. The molecule has 25 heavy (non-hydrogen) atoms. The standard InChI is InChI=1S/C20H19N3O2/c24-20(23-10-12-25-13-11-23)16-5-3-4-15(14-16)8-9-19-17-6-1-2-7-18(17)21-22-19/h1-9,14H,10-13H2,(H,21,22). The van der Waals surface area contributed by atoms with Crippen molar-refractivity contribution in [3.05, 3.63) is 65.4 Å². The lowest BCUT2D eigenvalue weighted by Crippen LogP contribution is -2.40. The van der Waals surface area contributed by atoms with Crippen molar-refractivity contribution in [3.63, 3.8) is 0 Å². The van der Waals surface area contributed by atoms with Crippen LogP contribution in [-0.4, -0.2) is 47.3 Å². The highest BCUT2D eigenvalue weighted by molar-refractivity contribution is 5.95. The van der Waals surface area contributed by atoms with Gasteiger partial charge in [0.1, 0.15) is 0 Å². The van der Waals surface area contributed by atoms with Crippen LogP contribution in [0.1, 0.15) is 21.6 Å². The molecule has 1 amide bonds. The molecule has 0 aliphatic carbocycles. The number of ether oxygens (including phenoxy) is 1. The number of benzene rings is 2. The van der Waals surface area contributed by atoms with Crippen LogP contribution in [0.15, 0.2) is 48.5 Å². The Morgan fingerprint density at radius 1 is 1.08 bits per heavy atom. The van der Waals surface area contributed by atoms with E-state index in [9.17, 15) is 4.79 Å². The number of amides is 1. The van der Waals surface area contributed by atoms with Crippen molar-refractivity contribution >= 4 is 29.0 Å². The number of hydrogen-bond acceptors (Lipinski definition) is 3. The van der Waals surface area contributed by atoms with Gasteiger partial charge < -0.3 is 9.64 Å². The maximum absolute atomic E-state index is 12.6. The number of nitrogens with zero attached hydrogens (tertiary/aromatic N) is 2. The van der Waals surface area contributed by atoms with Crippen LogP contribution in [0.2, 0.25) is 0 Å². The molecule has 1 aliphatic heterocycles. The summed E-state index contributed by atoms with van der Waals surface area (Å²) in [6, 6.07) is 15.7. The predicted molar refractivity (Wildman–Crippen MR) is 98.2 cm³/mol. The van der Waals surface area contributed by atoms with Crippen LogP contribution in [0, 0.1) is 0 Å². The van der Waals surface area contributed by atoms with Crippen LogP contribution < -0.4 is 0 Å². The highest BCUT2D eigenvalue weighted by Gasteiger charge is 2.18. The lowest BCUT2D eigenvalue weighted by molar-refractivity contribution is 0.0303. The number of carbonyl (C=O) groups excluding carboxylic acids is 1. The van der Waals surface area contributed by atoms with Crippen LogP contribution >= 0.6 is 0 Å². The first-order chi connectivity index (χ1) is 12.3. The zero-order valence-corrected chi connectivity index (χ0v) is 13.8. The van der Waals surface area contributed by atoms with E-state index in [4.69, 9.17) is 4.74 Å². The lowest BCUT2D eigenvalue weighted by Gasteiger charge is -2.26. The van der Waals surface area contributed by atoms with Gasteiger partial charge in [0.2, 0.25) is 0 Å². The number of para-hydroxylation sites is 1. The molecular weight excluding hydrogens is 314 g/mol. The van der Waals surface area contributed by atoms with Crippen molar-refractivity contribution in [1.82, 2.24) is 15.1 Å². The summed E-state index contributed by atoms with van der Waals surface area (Å²) in [5.74, 6) is 0.0590. The monoisotopic (exact) mass is 333 g/mol. The van der Waals surface area contributed by atoms with Gasteiger partial charge in [-0.25, -0.2) is 0 Å². The smallest absolute Gasteiger partial charge is 0.254 e. The molecular formula is C20H19N3O2. The van der Waals surface area contributed by atoms with Gasteiger partial charge >= 0.3 is 0 Å². The van der Waals surface area contributed by atoms with Gasteiger partial charge in [-0.15, -0.1) is 0 Å². The molecule has 5 heteroatoms. The van der Waals surface area contributed by atoms with Gasteiger partial charge in [0, 0.05) is 24.0 Å². The summed E-state index contributed by atoms with van der Waals surface area (Å²) in [6.45, 7) is 2.52. The van der Waals surface area contributed by atoms with Gasteiger partial charge in [0.15, 0.2) is 0 Å². The average molecular weight is 333 g/mol. The fourth-order valence-electron chi connectivity index (χ4n) is 3.01. The molecule has 2 aromatic carbocycles. The first kappa shape index (κ1) is 15.6. The van der Waals surface area contributed by atoms with Crippen molar-refractivity contribution in [3.8, 4) is 0 Å². The molecule has 1 fully saturated rings. The molecule has 1 N–H and O–H groups in total. The molecule has 1 aliphatic rings. The van der Waals surface area contributed by atoms with E-state index in [0.29, 0.717) is 31.9 Å². The van der Waals surface area contributed by atoms with E-state index in [2.05, 4.69) is 10.2 Å². The van der Waals surface area contributed by atoms with Crippen molar-refractivity contribution in [1.29, 1.82) is 0 Å². The minimum absolute atomic E-state index is 0.0590. The number of nitrogens with one attached hydrogen (secondary N) is 1.